The Bertz CT molecular complexity index is 991. The number of rotatable bonds is 6. The molecule has 0 saturated carbocycles. The average Bonchev–Trinajstić information content (AvgIpc) is 3.15. The van der Waals surface area contributed by atoms with Gasteiger partial charge in [0.15, 0.2) is 17.0 Å². The van der Waals surface area contributed by atoms with E-state index in [1.54, 1.807) is 18.3 Å². The highest BCUT2D eigenvalue weighted by molar-refractivity contribution is 6.32. The Morgan fingerprint density at radius 3 is 2.61 bits per heavy atom. The van der Waals surface area contributed by atoms with Crippen molar-refractivity contribution in [2.45, 2.75) is 13.0 Å². The maximum absolute atomic E-state index is 12.5. The van der Waals surface area contributed by atoms with Crippen molar-refractivity contribution in [3.8, 4) is 11.4 Å². The minimum Gasteiger partial charge on any atom is -0.493 e. The zero-order valence-electron chi connectivity index (χ0n) is 15.1. The van der Waals surface area contributed by atoms with Gasteiger partial charge in [-0.15, -0.1) is 0 Å². The number of para-hydroxylation sites is 1. The topological polar surface area (TPSA) is 95.3 Å². The third-order valence-electron chi connectivity index (χ3n) is 3.78. The van der Waals surface area contributed by atoms with Crippen molar-refractivity contribution in [3.05, 3.63) is 65.7 Å². The minimum absolute atomic E-state index is 0.0367. The summed E-state index contributed by atoms with van der Waals surface area (Å²) < 4.78 is 11.9. The summed E-state index contributed by atoms with van der Waals surface area (Å²) in [7, 11) is 1.42. The normalized spacial score (nSPS) is 11.5. The second kappa shape index (κ2) is 8.53. The molecule has 3 aromatic rings. The van der Waals surface area contributed by atoms with Gasteiger partial charge in [0.25, 0.3) is 5.91 Å². The number of pyridine rings is 1. The SMILES string of the molecule is COc1cn(-c2ccccc2)nc1C(=O)O[C@H](C)C(=O)Nc1cccnc1Cl. The van der Waals surface area contributed by atoms with Gasteiger partial charge in [0.2, 0.25) is 5.69 Å². The van der Waals surface area contributed by atoms with Crippen LogP contribution < -0.4 is 10.1 Å². The molecule has 0 aliphatic carbocycles. The van der Waals surface area contributed by atoms with Crippen molar-refractivity contribution in [1.29, 1.82) is 0 Å². The smallest absolute Gasteiger partial charge is 0.363 e. The van der Waals surface area contributed by atoms with Crippen LogP contribution in [0.1, 0.15) is 17.4 Å². The Morgan fingerprint density at radius 1 is 1.18 bits per heavy atom. The lowest BCUT2D eigenvalue weighted by Gasteiger charge is -2.13. The Balaban J connectivity index is 1.72. The number of ether oxygens (including phenoxy) is 2. The van der Waals surface area contributed by atoms with Gasteiger partial charge in [-0.1, -0.05) is 29.8 Å². The fourth-order valence-electron chi connectivity index (χ4n) is 2.35. The van der Waals surface area contributed by atoms with E-state index in [9.17, 15) is 9.59 Å². The predicted molar refractivity (Wildman–Crippen MR) is 103 cm³/mol. The van der Waals surface area contributed by atoms with Gasteiger partial charge >= 0.3 is 5.97 Å². The van der Waals surface area contributed by atoms with Crippen LogP contribution in [0.5, 0.6) is 5.75 Å². The summed E-state index contributed by atoms with van der Waals surface area (Å²) in [6, 6.07) is 12.4. The van der Waals surface area contributed by atoms with Crippen molar-refractivity contribution in [3.63, 3.8) is 0 Å². The van der Waals surface area contributed by atoms with E-state index in [0.717, 1.165) is 5.69 Å². The average molecular weight is 401 g/mol. The number of carbonyl (C=O) groups excluding carboxylic acids is 2. The molecule has 1 aromatic carbocycles. The third-order valence-corrected chi connectivity index (χ3v) is 4.09. The van der Waals surface area contributed by atoms with Gasteiger partial charge in [0.1, 0.15) is 0 Å². The monoisotopic (exact) mass is 400 g/mol. The molecule has 9 heteroatoms. The van der Waals surface area contributed by atoms with Crippen LogP contribution in [0.3, 0.4) is 0 Å². The number of esters is 1. The van der Waals surface area contributed by atoms with E-state index in [1.165, 1.54) is 24.9 Å². The molecular weight excluding hydrogens is 384 g/mol. The highest BCUT2D eigenvalue weighted by Crippen LogP contribution is 2.21. The molecule has 8 nitrogen and oxygen atoms in total. The Morgan fingerprint density at radius 2 is 1.93 bits per heavy atom. The standard InChI is InChI=1S/C19H17ClN4O4/c1-12(18(25)22-14-9-6-10-21-17(14)20)28-19(26)16-15(27-2)11-24(23-16)13-7-4-3-5-8-13/h3-12H,1-2H3,(H,22,25)/t12-/m1/s1. The number of nitrogens with one attached hydrogen (secondary N) is 1. The molecule has 1 N–H and O–H groups in total. The first-order valence-corrected chi connectivity index (χ1v) is 8.69. The van der Waals surface area contributed by atoms with Crippen LogP contribution >= 0.6 is 11.6 Å². The van der Waals surface area contributed by atoms with Gasteiger partial charge in [-0.3, -0.25) is 4.79 Å². The summed E-state index contributed by atoms with van der Waals surface area (Å²) in [5.74, 6) is -1.10. The number of nitrogens with zero attached hydrogens (tertiary/aromatic N) is 3. The lowest BCUT2D eigenvalue weighted by atomic mass is 10.3. The molecule has 1 atom stereocenters. The molecule has 0 radical (unpaired) electrons. The molecule has 2 aromatic heterocycles. The summed E-state index contributed by atoms with van der Waals surface area (Å²) >= 11 is 5.91. The molecular formula is C19H17ClN4O4. The molecule has 0 aliphatic heterocycles. The Hall–Kier alpha value is -3.39. The molecule has 0 unspecified atom stereocenters. The maximum atomic E-state index is 12.5. The van der Waals surface area contributed by atoms with E-state index in [1.807, 2.05) is 30.3 Å². The minimum atomic E-state index is -1.09. The quantitative estimate of drug-likeness (QED) is 0.504. The van der Waals surface area contributed by atoms with Gasteiger partial charge in [-0.05, 0) is 31.2 Å². The largest absolute Gasteiger partial charge is 0.493 e. The Labute approximate surface area is 166 Å². The lowest BCUT2D eigenvalue weighted by molar-refractivity contribution is -0.123. The van der Waals surface area contributed by atoms with Crippen molar-refractivity contribution in [1.82, 2.24) is 14.8 Å². The lowest BCUT2D eigenvalue weighted by Crippen LogP contribution is -2.30. The summed E-state index contributed by atoms with van der Waals surface area (Å²) in [5, 5.41) is 6.91. The number of benzene rings is 1. The number of anilines is 1. The van der Waals surface area contributed by atoms with E-state index in [2.05, 4.69) is 15.4 Å². The number of methoxy groups -OCH3 is 1. The van der Waals surface area contributed by atoms with Gasteiger partial charge in [-0.2, -0.15) is 5.10 Å². The third kappa shape index (κ3) is 4.29. The van der Waals surface area contributed by atoms with Crippen molar-refractivity contribution >= 4 is 29.2 Å². The zero-order valence-corrected chi connectivity index (χ0v) is 15.9. The van der Waals surface area contributed by atoms with Gasteiger partial charge in [0, 0.05) is 6.20 Å². The first-order chi connectivity index (χ1) is 13.5. The highest BCUT2D eigenvalue weighted by Gasteiger charge is 2.25. The molecule has 2 heterocycles. The van der Waals surface area contributed by atoms with Crippen molar-refractivity contribution in [2.75, 3.05) is 12.4 Å². The number of hydrogen-bond acceptors (Lipinski definition) is 6. The van der Waals surface area contributed by atoms with Gasteiger partial charge < -0.3 is 14.8 Å². The van der Waals surface area contributed by atoms with Crippen LogP contribution in [0.4, 0.5) is 5.69 Å². The summed E-state index contributed by atoms with van der Waals surface area (Å²) in [4.78, 5) is 28.7. The van der Waals surface area contributed by atoms with Crippen LogP contribution in [-0.4, -0.2) is 39.9 Å². The van der Waals surface area contributed by atoms with E-state index < -0.39 is 18.0 Å². The summed E-state index contributed by atoms with van der Waals surface area (Å²) in [5.41, 5.74) is 1.03. The summed E-state index contributed by atoms with van der Waals surface area (Å²) in [6.07, 6.45) is 1.97. The molecule has 0 saturated heterocycles. The van der Waals surface area contributed by atoms with Crippen LogP contribution in [0, 0.1) is 0 Å². The van der Waals surface area contributed by atoms with Crippen LogP contribution in [0.2, 0.25) is 5.15 Å². The van der Waals surface area contributed by atoms with E-state index >= 15 is 0 Å². The van der Waals surface area contributed by atoms with Crippen molar-refractivity contribution in [2.24, 2.45) is 0 Å². The van der Waals surface area contributed by atoms with Gasteiger partial charge in [-0.25, -0.2) is 14.5 Å². The van der Waals surface area contributed by atoms with E-state index in [4.69, 9.17) is 21.1 Å². The number of amides is 1. The maximum Gasteiger partial charge on any atom is 0.363 e. The second-order valence-electron chi connectivity index (χ2n) is 5.70. The number of hydrogen-bond donors (Lipinski definition) is 1. The number of aromatic nitrogens is 3. The molecule has 1 amide bonds. The van der Waals surface area contributed by atoms with Crippen LogP contribution in [0.15, 0.2) is 54.9 Å². The molecule has 0 fully saturated rings. The Kier molecular flexibility index (Phi) is 5.90. The van der Waals surface area contributed by atoms with E-state index in [0.29, 0.717) is 5.69 Å². The number of halogens is 1. The summed E-state index contributed by atoms with van der Waals surface area (Å²) in [6.45, 7) is 1.44. The van der Waals surface area contributed by atoms with Crippen LogP contribution in [-0.2, 0) is 9.53 Å². The second-order valence-corrected chi connectivity index (χ2v) is 6.06. The molecule has 3 rings (SSSR count). The molecule has 144 valence electrons. The van der Waals surface area contributed by atoms with Crippen LogP contribution in [0.25, 0.3) is 5.69 Å². The molecule has 0 bridgehead atoms. The fraction of sp³-hybridized carbons (Fsp3) is 0.158. The molecule has 0 aliphatic rings. The fourth-order valence-corrected chi connectivity index (χ4v) is 2.51. The van der Waals surface area contributed by atoms with Crippen molar-refractivity contribution < 1.29 is 19.1 Å². The zero-order chi connectivity index (χ0) is 20.1. The first kappa shape index (κ1) is 19.4. The molecule has 28 heavy (non-hydrogen) atoms. The first-order valence-electron chi connectivity index (χ1n) is 8.31. The number of carbonyl (C=O) groups is 2. The highest BCUT2D eigenvalue weighted by atomic mass is 35.5. The van der Waals surface area contributed by atoms with E-state index in [-0.39, 0.29) is 16.6 Å². The predicted octanol–water partition coefficient (Wildman–Crippen LogP) is 3.11. The molecule has 0 spiro atoms. The van der Waals surface area contributed by atoms with Gasteiger partial charge in [0.05, 0.1) is 24.7 Å².